The summed E-state index contributed by atoms with van der Waals surface area (Å²) in [5.74, 6) is -0.639. The molecule has 0 radical (unpaired) electrons. The van der Waals surface area contributed by atoms with Crippen LogP contribution in [0.25, 0.3) is 0 Å². The van der Waals surface area contributed by atoms with E-state index in [0.29, 0.717) is 19.5 Å². The molecule has 1 fully saturated rings. The maximum Gasteiger partial charge on any atom is 0.239 e. The van der Waals surface area contributed by atoms with Crippen molar-refractivity contribution in [3.8, 4) is 0 Å². The van der Waals surface area contributed by atoms with Crippen LogP contribution in [-0.2, 0) is 16.1 Å². The first-order chi connectivity index (χ1) is 13.3. The average molecular weight is 383 g/mol. The summed E-state index contributed by atoms with van der Waals surface area (Å²) in [4.78, 5) is 27.1. The van der Waals surface area contributed by atoms with Crippen LogP contribution in [0.2, 0.25) is 0 Å². The van der Waals surface area contributed by atoms with E-state index in [1.165, 1.54) is 5.56 Å². The van der Waals surface area contributed by atoms with Crippen LogP contribution in [0.4, 0.5) is 5.69 Å². The molecule has 28 heavy (non-hydrogen) atoms. The summed E-state index contributed by atoms with van der Waals surface area (Å²) in [6, 6.07) is 8.04. The quantitative estimate of drug-likeness (QED) is 0.781. The van der Waals surface area contributed by atoms with Crippen molar-refractivity contribution < 1.29 is 9.59 Å². The summed E-state index contributed by atoms with van der Waals surface area (Å²) in [5.41, 5.74) is 5.33. The monoisotopic (exact) mass is 382 g/mol. The Kier molecular flexibility index (Phi) is 5.87. The molecular weight excluding hydrogens is 352 g/mol. The summed E-state index contributed by atoms with van der Waals surface area (Å²) in [6.45, 7) is 12.0. The minimum atomic E-state index is -0.595. The maximum atomic E-state index is 12.8. The van der Waals surface area contributed by atoms with Gasteiger partial charge < -0.3 is 10.2 Å². The van der Waals surface area contributed by atoms with Gasteiger partial charge in [-0.05, 0) is 69.4 Å². The van der Waals surface area contributed by atoms with E-state index >= 15 is 0 Å². The molecule has 6 heteroatoms. The largest absolute Gasteiger partial charge is 0.355 e. The molecule has 0 spiro atoms. The number of anilines is 1. The van der Waals surface area contributed by atoms with Gasteiger partial charge in [-0.2, -0.15) is 5.10 Å². The highest BCUT2D eigenvalue weighted by Crippen LogP contribution is 2.27. The van der Waals surface area contributed by atoms with Gasteiger partial charge in [-0.15, -0.1) is 0 Å². The molecule has 3 rings (SSSR count). The average Bonchev–Trinajstić information content (AvgIpc) is 3.17. The van der Waals surface area contributed by atoms with E-state index in [1.54, 1.807) is 4.90 Å². The zero-order chi connectivity index (χ0) is 20.4. The van der Waals surface area contributed by atoms with Gasteiger partial charge in [0.1, 0.15) is 5.92 Å². The molecule has 2 aromatic rings. The predicted octanol–water partition coefficient (Wildman–Crippen LogP) is 2.92. The lowest BCUT2D eigenvalue weighted by molar-refractivity contribution is -0.132. The summed E-state index contributed by atoms with van der Waals surface area (Å²) in [5, 5.41) is 7.43. The van der Waals surface area contributed by atoms with Crippen molar-refractivity contribution in [2.75, 3.05) is 18.0 Å². The lowest BCUT2D eigenvalue weighted by Gasteiger charge is -2.19. The SMILES string of the molecule is Cc1cc(C)n(CC(C)CNC(=O)C2CCN(c3ccc(C)c(C)c3)C2=O)n1. The molecule has 1 aromatic heterocycles. The first kappa shape index (κ1) is 20.1. The van der Waals surface area contributed by atoms with Crippen molar-refractivity contribution in [3.63, 3.8) is 0 Å². The van der Waals surface area contributed by atoms with Gasteiger partial charge in [0.25, 0.3) is 0 Å². The Morgan fingerprint density at radius 2 is 1.96 bits per heavy atom. The Morgan fingerprint density at radius 1 is 1.21 bits per heavy atom. The third-order valence-corrected chi connectivity index (χ3v) is 5.54. The zero-order valence-electron chi connectivity index (χ0n) is 17.5. The number of nitrogens with one attached hydrogen (secondary N) is 1. The molecule has 1 N–H and O–H groups in total. The summed E-state index contributed by atoms with van der Waals surface area (Å²) in [7, 11) is 0. The molecule has 0 bridgehead atoms. The standard InChI is InChI=1S/C22H30N4O2/c1-14(13-26-18(5)11-17(4)24-26)12-23-21(27)20-8-9-25(22(20)28)19-7-6-15(2)16(3)10-19/h6-7,10-11,14,20H,8-9,12-13H2,1-5H3,(H,23,27). The van der Waals surface area contributed by atoms with Gasteiger partial charge in [0.2, 0.25) is 11.8 Å². The molecule has 0 aliphatic carbocycles. The van der Waals surface area contributed by atoms with Crippen molar-refractivity contribution in [1.82, 2.24) is 15.1 Å². The maximum absolute atomic E-state index is 12.8. The molecule has 0 saturated carbocycles. The molecule has 2 heterocycles. The lowest BCUT2D eigenvalue weighted by atomic mass is 10.1. The fourth-order valence-electron chi connectivity index (χ4n) is 3.69. The van der Waals surface area contributed by atoms with Gasteiger partial charge >= 0.3 is 0 Å². The molecule has 1 aliphatic heterocycles. The Balaban J connectivity index is 1.55. The number of benzene rings is 1. The summed E-state index contributed by atoms with van der Waals surface area (Å²) >= 11 is 0. The van der Waals surface area contributed by atoms with Gasteiger partial charge in [-0.3, -0.25) is 14.3 Å². The number of hydrogen-bond acceptors (Lipinski definition) is 3. The smallest absolute Gasteiger partial charge is 0.239 e. The first-order valence-corrected chi connectivity index (χ1v) is 9.93. The van der Waals surface area contributed by atoms with Crippen LogP contribution in [0, 0.1) is 39.5 Å². The van der Waals surface area contributed by atoms with Crippen LogP contribution < -0.4 is 10.2 Å². The highest BCUT2D eigenvalue weighted by molar-refractivity contribution is 6.09. The van der Waals surface area contributed by atoms with Gasteiger partial charge in [0, 0.05) is 31.0 Å². The molecule has 2 amide bonds. The van der Waals surface area contributed by atoms with E-state index in [9.17, 15) is 9.59 Å². The van der Waals surface area contributed by atoms with Crippen LogP contribution >= 0.6 is 0 Å². The van der Waals surface area contributed by atoms with E-state index < -0.39 is 5.92 Å². The van der Waals surface area contributed by atoms with E-state index in [2.05, 4.69) is 17.3 Å². The van der Waals surface area contributed by atoms with Gasteiger partial charge in [-0.1, -0.05) is 13.0 Å². The summed E-state index contributed by atoms with van der Waals surface area (Å²) < 4.78 is 1.97. The number of amides is 2. The molecular formula is C22H30N4O2. The second-order valence-electron chi connectivity index (χ2n) is 8.06. The van der Waals surface area contributed by atoms with E-state index in [1.807, 2.05) is 56.6 Å². The zero-order valence-corrected chi connectivity index (χ0v) is 17.5. The number of hydrogen-bond donors (Lipinski definition) is 1. The van der Waals surface area contributed by atoms with Crippen molar-refractivity contribution in [2.45, 2.75) is 47.6 Å². The van der Waals surface area contributed by atoms with Gasteiger partial charge in [-0.25, -0.2) is 0 Å². The normalized spacial score (nSPS) is 17.8. The molecule has 150 valence electrons. The van der Waals surface area contributed by atoms with Crippen molar-refractivity contribution >= 4 is 17.5 Å². The Morgan fingerprint density at radius 3 is 2.61 bits per heavy atom. The highest BCUT2D eigenvalue weighted by atomic mass is 16.2. The van der Waals surface area contributed by atoms with E-state index in [0.717, 1.165) is 29.2 Å². The van der Waals surface area contributed by atoms with E-state index in [-0.39, 0.29) is 17.7 Å². The van der Waals surface area contributed by atoms with Crippen molar-refractivity contribution in [1.29, 1.82) is 0 Å². The van der Waals surface area contributed by atoms with Crippen LogP contribution in [0.1, 0.15) is 35.9 Å². The fraction of sp³-hybridized carbons (Fsp3) is 0.500. The van der Waals surface area contributed by atoms with Crippen molar-refractivity contribution in [2.24, 2.45) is 11.8 Å². The Hall–Kier alpha value is -2.63. The number of nitrogens with zero attached hydrogens (tertiary/aromatic N) is 3. The highest BCUT2D eigenvalue weighted by Gasteiger charge is 2.37. The van der Waals surface area contributed by atoms with Crippen molar-refractivity contribution in [3.05, 3.63) is 46.8 Å². The number of carbonyl (C=O) groups is 2. The summed E-state index contributed by atoms with van der Waals surface area (Å²) in [6.07, 6.45) is 0.559. The van der Waals surface area contributed by atoms with Crippen LogP contribution in [-0.4, -0.2) is 34.7 Å². The van der Waals surface area contributed by atoms with E-state index in [4.69, 9.17) is 0 Å². The van der Waals surface area contributed by atoms with Crippen LogP contribution in [0.5, 0.6) is 0 Å². The Bertz CT molecular complexity index is 887. The molecule has 1 saturated heterocycles. The minimum absolute atomic E-state index is 0.105. The van der Waals surface area contributed by atoms with Crippen LogP contribution in [0.3, 0.4) is 0 Å². The number of carbonyl (C=O) groups excluding carboxylic acids is 2. The third kappa shape index (κ3) is 4.26. The van der Waals surface area contributed by atoms with Gasteiger partial charge in [0.15, 0.2) is 0 Å². The topological polar surface area (TPSA) is 67.2 Å². The molecule has 6 nitrogen and oxygen atoms in total. The lowest BCUT2D eigenvalue weighted by Crippen LogP contribution is -2.39. The predicted molar refractivity (Wildman–Crippen MR) is 110 cm³/mol. The van der Waals surface area contributed by atoms with Gasteiger partial charge in [0.05, 0.1) is 5.69 Å². The fourth-order valence-corrected chi connectivity index (χ4v) is 3.69. The van der Waals surface area contributed by atoms with Crippen LogP contribution in [0.15, 0.2) is 24.3 Å². The molecule has 2 atom stereocenters. The second kappa shape index (κ2) is 8.17. The minimum Gasteiger partial charge on any atom is -0.355 e. The number of aromatic nitrogens is 2. The molecule has 2 unspecified atom stereocenters. The third-order valence-electron chi connectivity index (χ3n) is 5.54. The second-order valence-corrected chi connectivity index (χ2v) is 8.06. The number of rotatable bonds is 6. The molecule has 1 aromatic carbocycles. The number of aryl methyl sites for hydroxylation is 4. The Labute approximate surface area is 166 Å². The molecule has 1 aliphatic rings. The first-order valence-electron chi connectivity index (χ1n) is 9.93.